The van der Waals surface area contributed by atoms with Gasteiger partial charge in [-0.05, 0) is 38.0 Å². The van der Waals surface area contributed by atoms with Gasteiger partial charge in [0.2, 0.25) is 0 Å². The smallest absolute Gasteiger partial charge is 0.191 e. The molecule has 6 heteroatoms. The van der Waals surface area contributed by atoms with E-state index in [1.807, 2.05) is 6.20 Å². The third-order valence-electron chi connectivity index (χ3n) is 3.57. The van der Waals surface area contributed by atoms with Crippen LogP contribution in [0.25, 0.3) is 0 Å². The van der Waals surface area contributed by atoms with Crippen molar-refractivity contribution in [2.75, 3.05) is 19.7 Å². The molecule has 1 heterocycles. The van der Waals surface area contributed by atoms with Gasteiger partial charge < -0.3 is 15.7 Å². The van der Waals surface area contributed by atoms with Gasteiger partial charge in [0.05, 0.1) is 6.54 Å². The standard InChI is InChI=1S/C17H32N4OS/c1-5-15-11-19-16(23-15)12-21-17(18-6-2)20-10-14(7-8-22)9-13(3)4/h11,13-14,22H,5-10,12H2,1-4H3,(H2,18,20,21). The van der Waals surface area contributed by atoms with Crippen LogP contribution in [0.1, 0.15) is 50.4 Å². The van der Waals surface area contributed by atoms with Crippen LogP contribution in [0.5, 0.6) is 0 Å². The number of aliphatic hydroxyl groups is 1. The number of nitrogens with zero attached hydrogens (tertiary/aromatic N) is 2. The minimum absolute atomic E-state index is 0.242. The number of guanidine groups is 1. The Morgan fingerprint density at radius 2 is 2.13 bits per heavy atom. The van der Waals surface area contributed by atoms with E-state index in [-0.39, 0.29) is 6.61 Å². The lowest BCUT2D eigenvalue weighted by molar-refractivity contribution is 0.243. The van der Waals surface area contributed by atoms with Crippen molar-refractivity contribution in [1.29, 1.82) is 0 Å². The number of aryl methyl sites for hydroxylation is 1. The van der Waals surface area contributed by atoms with Crippen LogP contribution in [0, 0.1) is 11.8 Å². The number of aromatic nitrogens is 1. The highest BCUT2D eigenvalue weighted by molar-refractivity contribution is 7.11. The maximum absolute atomic E-state index is 9.22. The number of aliphatic hydroxyl groups excluding tert-OH is 1. The van der Waals surface area contributed by atoms with Gasteiger partial charge >= 0.3 is 0 Å². The zero-order valence-corrected chi connectivity index (χ0v) is 15.7. The van der Waals surface area contributed by atoms with Gasteiger partial charge in [0.15, 0.2) is 5.96 Å². The second-order valence-corrected chi connectivity index (χ2v) is 7.36. The summed E-state index contributed by atoms with van der Waals surface area (Å²) < 4.78 is 0. The molecule has 132 valence electrons. The summed E-state index contributed by atoms with van der Waals surface area (Å²) in [5, 5.41) is 16.9. The number of rotatable bonds is 10. The highest BCUT2D eigenvalue weighted by atomic mass is 32.1. The Morgan fingerprint density at radius 1 is 1.35 bits per heavy atom. The molecule has 1 unspecified atom stereocenters. The van der Waals surface area contributed by atoms with Gasteiger partial charge in [-0.25, -0.2) is 9.98 Å². The molecular formula is C17H32N4OS. The number of nitrogens with one attached hydrogen (secondary N) is 2. The predicted molar refractivity (Wildman–Crippen MR) is 99.0 cm³/mol. The molecule has 0 fully saturated rings. The van der Waals surface area contributed by atoms with Gasteiger partial charge in [-0.1, -0.05) is 20.8 Å². The van der Waals surface area contributed by atoms with E-state index in [2.05, 4.69) is 48.3 Å². The highest BCUT2D eigenvalue weighted by Gasteiger charge is 2.11. The van der Waals surface area contributed by atoms with Crippen molar-refractivity contribution in [3.63, 3.8) is 0 Å². The van der Waals surface area contributed by atoms with E-state index in [1.165, 1.54) is 4.88 Å². The zero-order valence-electron chi connectivity index (χ0n) is 14.9. The summed E-state index contributed by atoms with van der Waals surface area (Å²) in [4.78, 5) is 10.3. The Labute approximate surface area is 144 Å². The maximum atomic E-state index is 9.22. The van der Waals surface area contributed by atoms with E-state index >= 15 is 0 Å². The minimum atomic E-state index is 0.242. The first kappa shape index (κ1) is 19.9. The first-order valence-corrected chi connectivity index (χ1v) is 9.47. The van der Waals surface area contributed by atoms with Crippen molar-refractivity contribution in [2.24, 2.45) is 16.8 Å². The van der Waals surface area contributed by atoms with Crippen LogP contribution in [-0.2, 0) is 13.0 Å². The molecule has 0 aliphatic carbocycles. The SMILES string of the molecule is CCNC(=NCc1ncc(CC)s1)NCC(CCO)CC(C)C. The summed E-state index contributed by atoms with van der Waals surface area (Å²) in [6.45, 7) is 11.2. The Morgan fingerprint density at radius 3 is 2.70 bits per heavy atom. The van der Waals surface area contributed by atoms with Crippen LogP contribution in [-0.4, -0.2) is 35.7 Å². The molecule has 1 aromatic heterocycles. The summed E-state index contributed by atoms with van der Waals surface area (Å²) in [5.41, 5.74) is 0. The monoisotopic (exact) mass is 340 g/mol. The molecule has 0 aliphatic heterocycles. The van der Waals surface area contributed by atoms with Crippen LogP contribution in [0.15, 0.2) is 11.2 Å². The van der Waals surface area contributed by atoms with Gasteiger partial charge in [0.1, 0.15) is 5.01 Å². The van der Waals surface area contributed by atoms with Gasteiger partial charge in [-0.15, -0.1) is 11.3 Å². The molecule has 0 spiro atoms. The Balaban J connectivity index is 2.56. The zero-order chi connectivity index (χ0) is 17.1. The molecule has 5 nitrogen and oxygen atoms in total. The molecule has 0 saturated carbocycles. The number of thiazole rings is 1. The average Bonchev–Trinajstić information content (AvgIpc) is 2.97. The fourth-order valence-corrected chi connectivity index (χ4v) is 3.25. The van der Waals surface area contributed by atoms with Crippen LogP contribution < -0.4 is 10.6 Å². The van der Waals surface area contributed by atoms with E-state index in [0.29, 0.717) is 18.4 Å². The second-order valence-electron chi connectivity index (χ2n) is 6.16. The summed E-state index contributed by atoms with van der Waals surface area (Å²) in [7, 11) is 0. The molecule has 0 amide bonds. The van der Waals surface area contributed by atoms with E-state index in [1.54, 1.807) is 11.3 Å². The van der Waals surface area contributed by atoms with Crippen LogP contribution in [0.2, 0.25) is 0 Å². The molecule has 1 atom stereocenters. The molecule has 23 heavy (non-hydrogen) atoms. The molecule has 0 aliphatic rings. The lowest BCUT2D eigenvalue weighted by atomic mass is 9.94. The highest BCUT2D eigenvalue weighted by Crippen LogP contribution is 2.15. The van der Waals surface area contributed by atoms with E-state index in [9.17, 15) is 5.11 Å². The summed E-state index contributed by atoms with van der Waals surface area (Å²) in [6, 6.07) is 0. The summed E-state index contributed by atoms with van der Waals surface area (Å²) >= 11 is 1.73. The van der Waals surface area contributed by atoms with Gasteiger partial charge in [-0.3, -0.25) is 0 Å². The Bertz CT molecular complexity index is 459. The third kappa shape index (κ3) is 8.32. The molecule has 3 N–H and O–H groups in total. The van der Waals surface area contributed by atoms with Gasteiger partial charge in [0, 0.05) is 30.8 Å². The first-order chi connectivity index (χ1) is 11.1. The molecule has 0 radical (unpaired) electrons. The Hall–Kier alpha value is -1.14. The molecule has 0 saturated heterocycles. The lowest BCUT2D eigenvalue weighted by Gasteiger charge is -2.20. The Kier molecular flexibility index (Phi) is 9.87. The van der Waals surface area contributed by atoms with Crippen LogP contribution in [0.3, 0.4) is 0 Å². The molecule has 0 aromatic carbocycles. The van der Waals surface area contributed by atoms with E-state index < -0.39 is 0 Å². The van der Waals surface area contributed by atoms with Crippen molar-refractivity contribution < 1.29 is 5.11 Å². The van der Waals surface area contributed by atoms with Crippen LogP contribution >= 0.6 is 11.3 Å². The van der Waals surface area contributed by atoms with Crippen LogP contribution in [0.4, 0.5) is 0 Å². The van der Waals surface area contributed by atoms with Crippen molar-refractivity contribution in [3.8, 4) is 0 Å². The van der Waals surface area contributed by atoms with E-state index in [0.717, 1.165) is 43.3 Å². The van der Waals surface area contributed by atoms with Crippen molar-refractivity contribution in [2.45, 2.75) is 53.5 Å². The normalized spacial score (nSPS) is 13.4. The topological polar surface area (TPSA) is 69.5 Å². The van der Waals surface area contributed by atoms with Gasteiger partial charge in [0.25, 0.3) is 0 Å². The molecule has 1 aromatic rings. The summed E-state index contributed by atoms with van der Waals surface area (Å²) in [5.74, 6) is 1.93. The number of hydrogen-bond acceptors (Lipinski definition) is 4. The summed E-state index contributed by atoms with van der Waals surface area (Å²) in [6.07, 6.45) is 4.91. The quantitative estimate of drug-likeness (QED) is 0.452. The predicted octanol–water partition coefficient (Wildman–Crippen LogP) is 2.81. The lowest BCUT2D eigenvalue weighted by Crippen LogP contribution is -2.40. The molecular weight excluding hydrogens is 308 g/mol. The van der Waals surface area contributed by atoms with Gasteiger partial charge in [-0.2, -0.15) is 0 Å². The minimum Gasteiger partial charge on any atom is -0.396 e. The number of aliphatic imine (C=N–C) groups is 1. The third-order valence-corrected chi connectivity index (χ3v) is 4.69. The molecule has 1 rings (SSSR count). The van der Waals surface area contributed by atoms with Crippen molar-refractivity contribution in [1.82, 2.24) is 15.6 Å². The van der Waals surface area contributed by atoms with Crippen molar-refractivity contribution >= 4 is 17.3 Å². The first-order valence-electron chi connectivity index (χ1n) is 8.65. The molecule has 0 bridgehead atoms. The maximum Gasteiger partial charge on any atom is 0.191 e. The van der Waals surface area contributed by atoms with E-state index in [4.69, 9.17) is 0 Å². The fourth-order valence-electron chi connectivity index (χ4n) is 2.47. The average molecular weight is 341 g/mol. The fraction of sp³-hybridized carbons (Fsp3) is 0.765. The largest absolute Gasteiger partial charge is 0.396 e. The number of hydrogen-bond donors (Lipinski definition) is 3. The second kappa shape index (κ2) is 11.4. The van der Waals surface area contributed by atoms with Crippen molar-refractivity contribution in [3.05, 3.63) is 16.1 Å².